The second kappa shape index (κ2) is 14.9. The smallest absolute Gasteiger partial charge is 0.325 e. The molecule has 0 aromatic heterocycles. The van der Waals surface area contributed by atoms with E-state index in [0.29, 0.717) is 44.4 Å². The number of carbonyl (C=O) groups is 3. The van der Waals surface area contributed by atoms with E-state index in [0.717, 1.165) is 32.1 Å². The lowest BCUT2D eigenvalue weighted by Crippen LogP contribution is -2.36. The average Bonchev–Trinajstić information content (AvgIpc) is 2.77. The third-order valence-corrected chi connectivity index (χ3v) is 4.81. The normalized spacial score (nSPS) is 10.4. The van der Waals surface area contributed by atoms with Crippen LogP contribution in [-0.4, -0.2) is 54.8 Å². The largest absolute Gasteiger partial charge is 0.494 e. The number of carbonyl (C=O) groups excluding carboxylic acids is 3. The summed E-state index contributed by atoms with van der Waals surface area (Å²) in [4.78, 5) is 46.8. The Hall–Kier alpha value is -2.97. The van der Waals surface area contributed by atoms with Crippen molar-refractivity contribution in [3.63, 3.8) is 0 Å². The van der Waals surface area contributed by atoms with Gasteiger partial charge in [0.1, 0.15) is 12.3 Å². The molecule has 1 aromatic rings. The van der Waals surface area contributed by atoms with E-state index in [-0.39, 0.29) is 23.7 Å². The Morgan fingerprint density at radius 2 is 1.87 bits per heavy atom. The van der Waals surface area contributed by atoms with E-state index in [9.17, 15) is 24.5 Å². The summed E-state index contributed by atoms with van der Waals surface area (Å²) >= 11 is 0. The van der Waals surface area contributed by atoms with Crippen molar-refractivity contribution in [1.82, 2.24) is 4.90 Å². The van der Waals surface area contributed by atoms with Crippen molar-refractivity contribution < 1.29 is 28.8 Å². The Labute approximate surface area is 182 Å². The van der Waals surface area contributed by atoms with E-state index in [1.807, 2.05) is 0 Å². The van der Waals surface area contributed by atoms with Crippen LogP contribution in [0.15, 0.2) is 18.2 Å². The number of ether oxygens (including phenoxy) is 2. The molecule has 0 aliphatic heterocycles. The van der Waals surface area contributed by atoms with Crippen LogP contribution in [0.1, 0.15) is 68.6 Å². The lowest BCUT2D eigenvalue weighted by Gasteiger charge is -2.21. The fraction of sp³-hybridized carbons (Fsp3) is 0.591. The van der Waals surface area contributed by atoms with Gasteiger partial charge in [-0.1, -0.05) is 26.2 Å². The molecule has 9 nitrogen and oxygen atoms in total. The number of methoxy groups -OCH3 is 1. The van der Waals surface area contributed by atoms with E-state index < -0.39 is 10.9 Å². The Morgan fingerprint density at radius 1 is 1.13 bits per heavy atom. The summed E-state index contributed by atoms with van der Waals surface area (Å²) in [7, 11) is 1.31. The number of unbranched alkanes of at least 4 members (excludes halogenated alkanes) is 5. The maximum absolute atomic E-state index is 12.5. The van der Waals surface area contributed by atoms with Crippen LogP contribution < -0.4 is 4.74 Å². The van der Waals surface area contributed by atoms with Crippen molar-refractivity contribution in [3.05, 3.63) is 33.9 Å². The van der Waals surface area contributed by atoms with Crippen LogP contribution in [0.2, 0.25) is 0 Å². The number of nitro groups is 1. The van der Waals surface area contributed by atoms with Gasteiger partial charge in [-0.25, -0.2) is 0 Å². The molecule has 0 N–H and O–H groups in total. The number of aldehydes is 1. The zero-order valence-corrected chi connectivity index (χ0v) is 18.3. The van der Waals surface area contributed by atoms with Crippen molar-refractivity contribution in [2.75, 3.05) is 26.8 Å². The maximum Gasteiger partial charge on any atom is 0.325 e. The summed E-state index contributed by atoms with van der Waals surface area (Å²) in [5.74, 6) is -0.0936. The highest BCUT2D eigenvalue weighted by Crippen LogP contribution is 2.22. The van der Waals surface area contributed by atoms with Crippen molar-refractivity contribution in [3.8, 4) is 5.75 Å². The molecule has 0 aliphatic carbocycles. The van der Waals surface area contributed by atoms with Crippen LogP contribution in [0.3, 0.4) is 0 Å². The monoisotopic (exact) mass is 436 g/mol. The Kier molecular flexibility index (Phi) is 12.5. The fourth-order valence-corrected chi connectivity index (χ4v) is 3.03. The van der Waals surface area contributed by atoms with Crippen LogP contribution in [-0.2, 0) is 14.3 Å². The lowest BCUT2D eigenvalue weighted by atomic mass is 10.1. The molecule has 1 aromatic carbocycles. The van der Waals surface area contributed by atoms with Crippen LogP contribution in [0.25, 0.3) is 0 Å². The summed E-state index contributed by atoms with van der Waals surface area (Å²) in [6, 6.07) is 4.05. The first-order valence-corrected chi connectivity index (χ1v) is 10.6. The van der Waals surface area contributed by atoms with Crippen molar-refractivity contribution in [1.29, 1.82) is 0 Å². The molecular formula is C22H32N2O7. The number of esters is 1. The van der Waals surface area contributed by atoms with Gasteiger partial charge in [-0.15, -0.1) is 0 Å². The van der Waals surface area contributed by atoms with Gasteiger partial charge in [-0.05, 0) is 37.8 Å². The first-order valence-electron chi connectivity index (χ1n) is 10.6. The minimum atomic E-state index is -0.613. The lowest BCUT2D eigenvalue weighted by molar-refractivity contribution is -0.385. The quantitative estimate of drug-likeness (QED) is 0.127. The molecule has 0 aliphatic rings. The molecule has 0 bridgehead atoms. The molecule has 172 valence electrons. The van der Waals surface area contributed by atoms with Crippen LogP contribution in [0.5, 0.6) is 5.75 Å². The summed E-state index contributed by atoms with van der Waals surface area (Å²) in [6.07, 6.45) is 6.96. The number of benzene rings is 1. The van der Waals surface area contributed by atoms with Crippen LogP contribution in [0.4, 0.5) is 5.69 Å². The minimum absolute atomic E-state index is 0.0240. The van der Waals surface area contributed by atoms with Gasteiger partial charge in [-0.2, -0.15) is 0 Å². The van der Waals surface area contributed by atoms with Crippen molar-refractivity contribution in [2.45, 2.75) is 58.3 Å². The van der Waals surface area contributed by atoms with Gasteiger partial charge in [0.15, 0.2) is 6.29 Å². The maximum atomic E-state index is 12.5. The number of hydrogen-bond acceptors (Lipinski definition) is 7. The SMILES string of the molecule is CCCCCCN(CC(=O)OC)C(=O)CCCCCOc1ccc([N+](=O)[O-])c(C=O)c1. The molecule has 0 saturated heterocycles. The standard InChI is InChI=1S/C22H32N2O7/c1-3-4-5-8-13-23(16-22(27)30-2)21(26)10-7-6-9-14-31-19-11-12-20(24(28)29)18(15-19)17-25/h11-12,15,17H,3-10,13-14,16H2,1-2H3. The zero-order valence-electron chi connectivity index (χ0n) is 18.3. The van der Waals surface area contributed by atoms with E-state index in [4.69, 9.17) is 4.74 Å². The highest BCUT2D eigenvalue weighted by Gasteiger charge is 2.17. The number of amides is 1. The van der Waals surface area contributed by atoms with Gasteiger partial charge in [0, 0.05) is 19.0 Å². The van der Waals surface area contributed by atoms with E-state index >= 15 is 0 Å². The predicted molar refractivity (Wildman–Crippen MR) is 115 cm³/mol. The highest BCUT2D eigenvalue weighted by molar-refractivity contribution is 5.82. The molecule has 1 amide bonds. The third kappa shape index (κ3) is 10.1. The molecule has 0 fully saturated rings. The van der Waals surface area contributed by atoms with Crippen molar-refractivity contribution in [2.24, 2.45) is 0 Å². The van der Waals surface area contributed by atoms with Crippen LogP contribution >= 0.6 is 0 Å². The van der Waals surface area contributed by atoms with E-state index in [1.165, 1.54) is 25.3 Å². The summed E-state index contributed by atoms with van der Waals surface area (Å²) in [6.45, 7) is 3.01. The summed E-state index contributed by atoms with van der Waals surface area (Å²) in [5.41, 5.74) is -0.287. The number of hydrogen-bond donors (Lipinski definition) is 0. The molecule has 31 heavy (non-hydrogen) atoms. The highest BCUT2D eigenvalue weighted by atomic mass is 16.6. The first-order chi connectivity index (χ1) is 14.9. The molecule has 1 rings (SSSR count). The Balaban J connectivity index is 2.37. The topological polar surface area (TPSA) is 116 Å². The second-order valence-electron chi connectivity index (χ2n) is 7.21. The molecule has 0 spiro atoms. The number of rotatable bonds is 16. The average molecular weight is 437 g/mol. The number of nitro benzene ring substituents is 1. The van der Waals surface area contributed by atoms with Gasteiger partial charge in [0.2, 0.25) is 5.91 Å². The Morgan fingerprint density at radius 3 is 2.52 bits per heavy atom. The minimum Gasteiger partial charge on any atom is -0.494 e. The molecule has 0 atom stereocenters. The van der Waals surface area contributed by atoms with Gasteiger partial charge in [0.25, 0.3) is 5.69 Å². The predicted octanol–water partition coefficient (Wildman–Crippen LogP) is 3.93. The zero-order chi connectivity index (χ0) is 23.1. The summed E-state index contributed by atoms with van der Waals surface area (Å²) in [5, 5.41) is 10.8. The molecule has 0 heterocycles. The van der Waals surface area contributed by atoms with E-state index in [1.54, 1.807) is 4.90 Å². The molecule has 0 radical (unpaired) electrons. The van der Waals surface area contributed by atoms with Crippen LogP contribution in [0, 0.1) is 10.1 Å². The fourth-order valence-electron chi connectivity index (χ4n) is 3.03. The molecule has 9 heteroatoms. The molecule has 0 unspecified atom stereocenters. The first kappa shape index (κ1) is 26.1. The third-order valence-electron chi connectivity index (χ3n) is 4.81. The Bertz CT molecular complexity index is 737. The van der Waals surface area contributed by atoms with E-state index in [2.05, 4.69) is 11.7 Å². The summed E-state index contributed by atoms with van der Waals surface area (Å²) < 4.78 is 10.2. The van der Waals surface area contributed by atoms with Gasteiger partial charge in [-0.3, -0.25) is 24.5 Å². The van der Waals surface area contributed by atoms with Gasteiger partial charge < -0.3 is 14.4 Å². The molecular weight excluding hydrogens is 404 g/mol. The van der Waals surface area contributed by atoms with Gasteiger partial charge >= 0.3 is 5.97 Å². The van der Waals surface area contributed by atoms with Gasteiger partial charge in [0.05, 0.1) is 24.2 Å². The molecule has 0 saturated carbocycles. The van der Waals surface area contributed by atoms with Crippen molar-refractivity contribution >= 4 is 23.9 Å². The second-order valence-corrected chi connectivity index (χ2v) is 7.21. The number of nitrogens with zero attached hydrogens (tertiary/aromatic N) is 2.